The second-order valence-electron chi connectivity index (χ2n) is 14.9. The molecule has 13 rings (SSSR count). The minimum Gasteiger partial charge on any atom is -0.308 e. The van der Waals surface area contributed by atoms with E-state index in [1.54, 1.807) is 11.3 Å². The monoisotopic (exact) mass is 742 g/mol. The summed E-state index contributed by atoms with van der Waals surface area (Å²) in [4.78, 5) is 11.9. The SMILES string of the molecule is c1ccc(-c2ccc(-c3nc(-n4c5ccc(-c6ccccc6)cc5c5cc6c7ccccc7n7c8ccccc8c(c54)c67)c4c(n3)sc3ccccc34)cc2)cc1. The third-order valence-electron chi connectivity index (χ3n) is 11.9. The van der Waals surface area contributed by atoms with Crippen LogP contribution in [-0.4, -0.2) is 18.9 Å². The topological polar surface area (TPSA) is 35.1 Å². The van der Waals surface area contributed by atoms with Crippen LogP contribution in [0.4, 0.5) is 0 Å². The molecule has 0 saturated heterocycles. The number of hydrogen-bond donors (Lipinski definition) is 0. The maximum absolute atomic E-state index is 5.64. The van der Waals surface area contributed by atoms with Crippen LogP contribution in [-0.2, 0) is 0 Å². The van der Waals surface area contributed by atoms with Crippen molar-refractivity contribution in [2.24, 2.45) is 0 Å². The van der Waals surface area contributed by atoms with Gasteiger partial charge in [-0.05, 0) is 58.7 Å². The summed E-state index contributed by atoms with van der Waals surface area (Å²) in [5, 5.41) is 9.66. The Morgan fingerprint density at radius 1 is 0.368 bits per heavy atom. The van der Waals surface area contributed by atoms with E-state index >= 15 is 0 Å². The predicted octanol–water partition coefficient (Wildman–Crippen LogP) is 14.1. The van der Waals surface area contributed by atoms with Crippen molar-refractivity contribution in [2.75, 3.05) is 0 Å². The standard InChI is InChI=1S/C52H30N4S/c1-3-13-31(14-4-1)33-23-25-34(26-24-33)50-53-51(47-38-19-9-12-22-45(38)57-52(47)54-50)56-44-28-27-35(32-15-5-2-6-16-32)29-39(44)41-30-40-36-17-7-10-20-42(36)55-43-21-11-8-18-37(43)46(48(40)55)49(41)56/h1-30H. The van der Waals surface area contributed by atoms with Gasteiger partial charge in [-0.2, -0.15) is 0 Å². The Kier molecular flexibility index (Phi) is 6.29. The van der Waals surface area contributed by atoms with Crippen LogP contribution in [0.25, 0.3) is 120 Å². The molecule has 0 aliphatic carbocycles. The summed E-state index contributed by atoms with van der Waals surface area (Å²) in [6.45, 7) is 0. The highest BCUT2D eigenvalue weighted by atomic mass is 32.1. The smallest absolute Gasteiger partial charge is 0.163 e. The van der Waals surface area contributed by atoms with E-state index in [0.29, 0.717) is 5.82 Å². The molecule has 0 bridgehead atoms. The summed E-state index contributed by atoms with van der Waals surface area (Å²) in [7, 11) is 0. The molecule has 0 aliphatic heterocycles. The first-order valence-electron chi connectivity index (χ1n) is 19.3. The quantitative estimate of drug-likeness (QED) is 0.180. The molecule has 5 heteroatoms. The Balaban J connectivity index is 1.21. The molecular weight excluding hydrogens is 713 g/mol. The molecule has 0 spiro atoms. The molecule has 0 saturated carbocycles. The Labute approximate surface area is 330 Å². The van der Waals surface area contributed by atoms with Crippen molar-refractivity contribution in [3.05, 3.63) is 182 Å². The number of benzene rings is 8. The van der Waals surface area contributed by atoms with Gasteiger partial charge in [-0.25, -0.2) is 9.97 Å². The van der Waals surface area contributed by atoms with Gasteiger partial charge in [0, 0.05) is 48.0 Å². The van der Waals surface area contributed by atoms with Crippen molar-refractivity contribution in [3.63, 3.8) is 0 Å². The van der Waals surface area contributed by atoms with Crippen molar-refractivity contribution >= 4 is 91.5 Å². The summed E-state index contributed by atoms with van der Waals surface area (Å²) in [5.74, 6) is 1.61. The zero-order valence-electron chi connectivity index (χ0n) is 30.5. The molecule has 0 aliphatic rings. The van der Waals surface area contributed by atoms with Crippen molar-refractivity contribution < 1.29 is 0 Å². The molecule has 0 radical (unpaired) electrons. The van der Waals surface area contributed by atoms with Crippen LogP contribution in [0.3, 0.4) is 0 Å². The summed E-state index contributed by atoms with van der Waals surface area (Å²) < 4.78 is 6.13. The van der Waals surface area contributed by atoms with Crippen LogP contribution in [0.5, 0.6) is 0 Å². The largest absolute Gasteiger partial charge is 0.308 e. The number of aromatic nitrogens is 4. The molecule has 8 aromatic carbocycles. The minimum absolute atomic E-state index is 0.714. The zero-order chi connectivity index (χ0) is 37.2. The number of rotatable bonds is 4. The molecule has 0 fully saturated rings. The van der Waals surface area contributed by atoms with Gasteiger partial charge in [0.05, 0.1) is 33.0 Å². The van der Waals surface area contributed by atoms with Crippen LogP contribution >= 0.6 is 11.3 Å². The lowest BCUT2D eigenvalue weighted by molar-refractivity contribution is 1.08. The molecule has 4 nitrogen and oxygen atoms in total. The lowest BCUT2D eigenvalue weighted by atomic mass is 10.0. The number of hydrogen-bond acceptors (Lipinski definition) is 3. The van der Waals surface area contributed by atoms with Gasteiger partial charge in [-0.3, -0.25) is 4.57 Å². The van der Waals surface area contributed by atoms with Gasteiger partial charge < -0.3 is 4.40 Å². The van der Waals surface area contributed by atoms with Gasteiger partial charge in [-0.1, -0.05) is 146 Å². The van der Waals surface area contributed by atoms with Crippen LogP contribution in [0.1, 0.15) is 0 Å². The second-order valence-corrected chi connectivity index (χ2v) is 16.0. The van der Waals surface area contributed by atoms with Gasteiger partial charge in [0.1, 0.15) is 4.83 Å². The van der Waals surface area contributed by atoms with E-state index in [1.807, 2.05) is 0 Å². The minimum atomic E-state index is 0.714. The highest BCUT2D eigenvalue weighted by molar-refractivity contribution is 7.25. The van der Waals surface area contributed by atoms with Crippen LogP contribution in [0.2, 0.25) is 0 Å². The van der Waals surface area contributed by atoms with Crippen molar-refractivity contribution in [1.82, 2.24) is 18.9 Å². The molecule has 264 valence electrons. The zero-order valence-corrected chi connectivity index (χ0v) is 31.3. The first-order valence-corrected chi connectivity index (χ1v) is 20.2. The Morgan fingerprint density at radius 3 is 1.72 bits per heavy atom. The molecule has 13 aromatic rings. The first-order chi connectivity index (χ1) is 28.3. The first kappa shape index (κ1) is 30.9. The fourth-order valence-corrected chi connectivity index (χ4v) is 10.4. The molecule has 5 heterocycles. The molecule has 0 unspecified atom stereocenters. The highest BCUT2D eigenvalue weighted by Gasteiger charge is 2.27. The molecule has 0 amide bonds. The average molecular weight is 743 g/mol. The third-order valence-corrected chi connectivity index (χ3v) is 13.0. The van der Waals surface area contributed by atoms with Crippen molar-refractivity contribution in [2.45, 2.75) is 0 Å². The lowest BCUT2D eigenvalue weighted by Gasteiger charge is -2.13. The van der Waals surface area contributed by atoms with E-state index in [-0.39, 0.29) is 0 Å². The summed E-state index contributed by atoms with van der Waals surface area (Å²) in [6.07, 6.45) is 0. The number of nitrogens with zero attached hydrogens (tertiary/aromatic N) is 4. The van der Waals surface area contributed by atoms with Gasteiger partial charge in [0.2, 0.25) is 0 Å². The van der Waals surface area contributed by atoms with Crippen LogP contribution in [0.15, 0.2) is 182 Å². The summed E-state index contributed by atoms with van der Waals surface area (Å²) in [6, 6.07) is 65.7. The fourth-order valence-electron chi connectivity index (χ4n) is 9.38. The molecule has 0 N–H and O–H groups in total. The highest BCUT2D eigenvalue weighted by Crippen LogP contribution is 2.48. The van der Waals surface area contributed by atoms with E-state index in [0.717, 1.165) is 32.6 Å². The number of thiophene rings is 1. The predicted molar refractivity (Wildman–Crippen MR) is 240 cm³/mol. The Morgan fingerprint density at radius 2 is 0.947 bits per heavy atom. The van der Waals surface area contributed by atoms with E-state index in [9.17, 15) is 0 Å². The van der Waals surface area contributed by atoms with Gasteiger partial charge >= 0.3 is 0 Å². The van der Waals surface area contributed by atoms with Crippen molar-refractivity contribution in [3.8, 4) is 39.5 Å². The average Bonchev–Trinajstić information content (AvgIpc) is 4.02. The van der Waals surface area contributed by atoms with E-state index < -0.39 is 0 Å². The van der Waals surface area contributed by atoms with Gasteiger partial charge in [-0.15, -0.1) is 11.3 Å². The van der Waals surface area contributed by atoms with Gasteiger partial charge in [0.15, 0.2) is 11.6 Å². The fraction of sp³-hybridized carbons (Fsp3) is 0. The Hall–Kier alpha value is -7.34. The van der Waals surface area contributed by atoms with Gasteiger partial charge in [0.25, 0.3) is 0 Å². The van der Waals surface area contributed by atoms with E-state index in [2.05, 4.69) is 191 Å². The maximum Gasteiger partial charge on any atom is 0.163 e. The number of para-hydroxylation sites is 2. The van der Waals surface area contributed by atoms with Crippen LogP contribution in [0, 0.1) is 0 Å². The second kappa shape index (κ2) is 11.6. The Bertz CT molecular complexity index is 3730. The summed E-state index contributed by atoms with van der Waals surface area (Å²) >= 11 is 1.74. The molecule has 5 aromatic heterocycles. The third kappa shape index (κ3) is 4.32. The van der Waals surface area contributed by atoms with Crippen molar-refractivity contribution in [1.29, 1.82) is 0 Å². The lowest BCUT2D eigenvalue weighted by Crippen LogP contribution is -2.02. The molecule has 0 atom stereocenters. The molecular formula is C52H30N4S. The number of fused-ring (bicyclic) bond motifs is 13. The maximum atomic E-state index is 5.64. The van der Waals surface area contributed by atoms with Crippen LogP contribution < -0.4 is 0 Å². The normalized spacial score (nSPS) is 12.2. The molecule has 57 heavy (non-hydrogen) atoms. The van der Waals surface area contributed by atoms with E-state index in [4.69, 9.17) is 9.97 Å². The van der Waals surface area contributed by atoms with E-state index in [1.165, 1.54) is 81.2 Å². The summed E-state index contributed by atoms with van der Waals surface area (Å²) in [5.41, 5.74) is 11.7.